The van der Waals surface area contributed by atoms with E-state index in [-0.39, 0.29) is 30.6 Å². The summed E-state index contributed by atoms with van der Waals surface area (Å²) in [5.41, 5.74) is 18.4. The lowest BCUT2D eigenvalue weighted by molar-refractivity contribution is 0.224. The summed E-state index contributed by atoms with van der Waals surface area (Å²) in [5.74, 6) is 5.66. The van der Waals surface area contributed by atoms with E-state index in [4.69, 9.17) is 38.7 Å². The highest BCUT2D eigenvalue weighted by molar-refractivity contribution is 7.99. The Hall–Kier alpha value is -9.24. The molecule has 0 bridgehead atoms. The Morgan fingerprint density at radius 2 is 0.766 bits per heavy atom. The van der Waals surface area contributed by atoms with Gasteiger partial charge in [0.2, 0.25) is 55.5 Å². The van der Waals surface area contributed by atoms with E-state index in [1.54, 1.807) is 31.0 Å². The van der Waals surface area contributed by atoms with Crippen LogP contribution in [0.5, 0.6) is 29.4 Å². The minimum Gasteiger partial charge on any atom is -0.477 e. The number of carbonyl (C=O) groups excluding carboxylic acids is 3. The zero-order valence-corrected chi connectivity index (χ0v) is 78.4. The second kappa shape index (κ2) is 36.3. The SMILES string of the molecule is C=S(=O)(NC(=O)Nc1c2c(cc3c1CCC3)CCC2)c1cnn2c1OCCC2.CC(C)(C)[Si](C)(C)N=S(N)(=O)c1cnn2c1OCCC2.CC(C)(C)[Si](C)(C)NS(=O)(=O)c1cnn2c1OCCC2.N=S(=O)(NC(=O)Nc1c2c(cc3c1CCC3)CCC2)c1cnn2c1OCCC2.NS(=O)(=O)c1cnn2c1OCCC2.O=C=Nc1c2c(cc3c1CCC3)CCC2. The Bertz CT molecular complexity index is 5850. The number of hydrogen-bond acceptors (Lipinski definition) is 23. The minimum atomic E-state index is -3.71. The van der Waals surface area contributed by atoms with Crippen molar-refractivity contribution in [3.63, 3.8) is 0 Å². The molecule has 35 nitrogen and oxygen atoms in total. The molecule has 4 amide bonds. The van der Waals surface area contributed by atoms with Crippen molar-refractivity contribution in [2.24, 2.45) is 19.3 Å². The third kappa shape index (κ3) is 19.6. The summed E-state index contributed by atoms with van der Waals surface area (Å²) in [6, 6.07) is 5.83. The summed E-state index contributed by atoms with van der Waals surface area (Å²) in [6.07, 6.45) is 32.3. The average molecular weight is 1840 g/mol. The number of fused-ring (bicyclic) bond motifs is 11. The van der Waals surface area contributed by atoms with Gasteiger partial charge in [-0.1, -0.05) is 72.8 Å². The van der Waals surface area contributed by atoms with Gasteiger partial charge >= 0.3 is 12.1 Å². The van der Waals surface area contributed by atoms with E-state index in [2.05, 4.69) is 138 Å². The lowest BCUT2D eigenvalue weighted by atomic mass is 9.99. The average Bonchev–Trinajstić information content (AvgIpc) is 1.58. The molecular formula is C82H116N20O15S5Si2. The van der Waals surface area contributed by atoms with Crippen LogP contribution in [0.25, 0.3) is 0 Å². The molecule has 6 aliphatic carbocycles. The number of benzene rings is 3. The molecule has 5 aromatic heterocycles. The second-order valence-corrected chi connectivity index (χ2v) is 55.1. The monoisotopic (exact) mass is 1840 g/mol. The highest BCUT2D eigenvalue weighted by Crippen LogP contribution is 2.45. The molecule has 42 heteroatoms. The first-order valence-corrected chi connectivity index (χ1v) is 56.4. The van der Waals surface area contributed by atoms with Crippen LogP contribution in [0.1, 0.15) is 179 Å². The molecule has 3 atom stereocenters. The van der Waals surface area contributed by atoms with Gasteiger partial charge in [-0.3, -0.25) is 8.75 Å². The highest BCUT2D eigenvalue weighted by Gasteiger charge is 2.43. The van der Waals surface area contributed by atoms with Crippen molar-refractivity contribution >= 4 is 107 Å². The number of aryl methyl sites for hydroxylation is 11. The fourth-order valence-corrected chi connectivity index (χ4v) is 29.4. The van der Waals surface area contributed by atoms with Gasteiger partial charge in [0.15, 0.2) is 27.9 Å². The number of rotatable bonds is 13. The van der Waals surface area contributed by atoms with E-state index < -0.39 is 78.1 Å². The summed E-state index contributed by atoms with van der Waals surface area (Å²) in [7, 11) is -21.2. The van der Waals surface area contributed by atoms with E-state index in [0.717, 1.165) is 158 Å². The van der Waals surface area contributed by atoms with Gasteiger partial charge < -0.3 is 34.3 Å². The van der Waals surface area contributed by atoms with Gasteiger partial charge in [0.1, 0.15) is 32.8 Å². The van der Waals surface area contributed by atoms with Gasteiger partial charge in [-0.2, -0.15) is 30.5 Å². The number of sulfonamides is 2. The van der Waals surface area contributed by atoms with Gasteiger partial charge in [-0.15, -0.1) is 0 Å². The number of anilines is 2. The number of nitrogens with one attached hydrogen (secondary N) is 6. The first-order chi connectivity index (χ1) is 58.6. The predicted molar refractivity (Wildman–Crippen MR) is 477 cm³/mol. The van der Waals surface area contributed by atoms with Crippen LogP contribution in [0.3, 0.4) is 0 Å². The standard InChI is InChI=1S/C20H24N4O3S.C19H23N5O3S.C13H13NO.C12H24N4O2SSi.C12H23N3O3SSi.C6H9N3O3S/c1-28(26,17-12-21-24-9-4-10-27-19(17)24)23-20(25)22-18-15-7-2-5-13(15)11-14-6-3-8-16(14)18;20-28(26,16-11-21-24-8-3-9-27-18(16)24)23-19(25)22-17-14-6-1-4-12(14)10-13-5-2-7-15(13)17;15-8-14-13-11-5-1-3-9(11)7-10-4-2-6-12(10)13;1-12(2,3)20(4,5)15-19(13,17)10-9-14-16-7-6-8-18-11(10)16;1-12(2,3)20(4,5)14-19(16,17)10-9-13-15-7-6-8-18-11(10)15;7-13(10,11)5-4-8-9-2-1-3-12-6(5)9/h11-12H,1-10H2,(H2,22,23,25,26);10-11H,1-9H2,(H3,20,22,23,25,26);7H,1-6H2;9H,6-8H2,1-5H3,(H2,13,15,17);9,14H,6-8H2,1-5H3;4H,1-3H2,(H2,7,10,11). The Morgan fingerprint density at radius 3 is 1.14 bits per heavy atom. The lowest BCUT2D eigenvalue weighted by Crippen LogP contribution is -2.54. The quantitative estimate of drug-likeness (QED) is 0.0230. The van der Waals surface area contributed by atoms with E-state index in [9.17, 15) is 43.8 Å². The summed E-state index contributed by atoms with van der Waals surface area (Å²) in [6.45, 7) is 26.9. The number of amides is 4. The van der Waals surface area contributed by atoms with Crippen LogP contribution in [0.4, 0.5) is 26.7 Å². The maximum Gasteiger partial charge on any atom is 0.331 e. The number of urea groups is 2. The summed E-state index contributed by atoms with van der Waals surface area (Å²) in [4.78, 5) is 40.9. The van der Waals surface area contributed by atoms with Crippen molar-refractivity contribution < 1.29 is 67.5 Å². The third-order valence-corrected chi connectivity index (χ3v) is 44.1. The van der Waals surface area contributed by atoms with Crippen LogP contribution in [0.2, 0.25) is 36.3 Å². The van der Waals surface area contributed by atoms with E-state index >= 15 is 0 Å². The van der Waals surface area contributed by atoms with Crippen molar-refractivity contribution in [3.05, 3.63) is 116 Å². The molecule has 0 saturated carbocycles. The topological polar surface area (TPSA) is 467 Å². The number of hydrogen-bond donors (Lipinski definition) is 8. The van der Waals surface area contributed by atoms with Crippen molar-refractivity contribution in [2.45, 2.75) is 283 Å². The van der Waals surface area contributed by atoms with Crippen LogP contribution < -0.4 is 58.4 Å². The maximum absolute atomic E-state index is 13.2. The molecule has 19 rings (SSSR count). The number of isocyanates is 1. The number of aliphatic imine (C=N–C) groups is 1. The molecule has 0 spiro atoms. The number of carbonyl (C=O) groups is 2. The Labute approximate surface area is 728 Å². The van der Waals surface area contributed by atoms with Crippen LogP contribution in [0.15, 0.2) is 82.7 Å². The van der Waals surface area contributed by atoms with Gasteiger partial charge in [-0.25, -0.2) is 91.4 Å². The molecule has 10 heterocycles. The fourth-order valence-electron chi connectivity index (χ4n) is 16.9. The van der Waals surface area contributed by atoms with E-state index in [1.807, 2.05) is 13.1 Å². The lowest BCUT2D eigenvalue weighted by Gasteiger charge is -2.36. The number of ether oxygens (including phenoxy) is 5. The van der Waals surface area contributed by atoms with Crippen molar-refractivity contribution in [1.29, 1.82) is 4.78 Å². The molecule has 8 aromatic rings. The molecule has 0 saturated heterocycles. The van der Waals surface area contributed by atoms with Crippen LogP contribution >= 0.6 is 0 Å². The molecule has 672 valence electrons. The molecular weight excluding hydrogens is 1720 g/mol. The summed E-state index contributed by atoms with van der Waals surface area (Å²) < 4.78 is 142. The van der Waals surface area contributed by atoms with E-state index in [1.165, 1.54) is 109 Å². The molecule has 5 aliphatic heterocycles. The molecule has 0 radical (unpaired) electrons. The Balaban J connectivity index is 0.000000124. The minimum absolute atomic E-state index is 0.0108. The number of primary sulfonamides is 1. The smallest absolute Gasteiger partial charge is 0.331 e. The van der Waals surface area contributed by atoms with Crippen LogP contribution in [-0.4, -0.2) is 152 Å². The highest BCUT2D eigenvalue weighted by atomic mass is 32.2. The van der Waals surface area contributed by atoms with Crippen LogP contribution in [-0.2, 0) is 164 Å². The summed E-state index contributed by atoms with van der Waals surface area (Å²) in [5, 5.41) is 37.4. The molecule has 3 aromatic carbocycles. The van der Waals surface area contributed by atoms with Crippen LogP contribution in [0, 0.1) is 4.78 Å². The molecule has 124 heavy (non-hydrogen) atoms. The molecule has 11 aliphatic rings. The molecule has 10 N–H and O–H groups in total. The van der Waals surface area contributed by atoms with Crippen molar-refractivity contribution in [2.75, 3.05) is 43.7 Å². The van der Waals surface area contributed by atoms with Gasteiger partial charge in [0.05, 0.1) is 79.4 Å². The molecule has 0 fully saturated rings. The zero-order chi connectivity index (χ0) is 88.7. The first kappa shape index (κ1) is 91.0. The fraction of sp³-hybridized carbons (Fsp3) is 0.549. The van der Waals surface area contributed by atoms with Gasteiger partial charge in [-0.05, 0) is 211 Å². The summed E-state index contributed by atoms with van der Waals surface area (Å²) >= 11 is 0. The largest absolute Gasteiger partial charge is 0.477 e. The van der Waals surface area contributed by atoms with Crippen molar-refractivity contribution in [1.82, 2.24) is 62.7 Å². The van der Waals surface area contributed by atoms with Gasteiger partial charge in [0.25, 0.3) is 0 Å². The van der Waals surface area contributed by atoms with Crippen molar-refractivity contribution in [3.8, 4) is 29.4 Å². The maximum atomic E-state index is 13.2. The Kier molecular flexibility index (Phi) is 26.6. The normalized spacial score (nSPS) is 18.2. The second-order valence-electron chi connectivity index (χ2n) is 35.9. The predicted octanol–water partition coefficient (Wildman–Crippen LogP) is 11.5. The number of nitrogens with zero attached hydrogens (tertiary/aromatic N) is 12. The van der Waals surface area contributed by atoms with Gasteiger partial charge in [0, 0.05) is 76.2 Å². The third-order valence-electron chi connectivity index (χ3n) is 25.1. The zero-order valence-electron chi connectivity index (χ0n) is 72.3. The van der Waals surface area contributed by atoms with E-state index in [0.29, 0.717) is 92.5 Å². The number of aromatic nitrogens is 10. The number of nitrogens with two attached hydrogens (primary N) is 2. The Morgan fingerprint density at radius 1 is 0.452 bits per heavy atom. The first-order valence-electron chi connectivity index (χ1n) is 42.6. The molecule has 3 unspecified atom stereocenters.